The number of rotatable bonds is 3. The van der Waals surface area contributed by atoms with E-state index in [1.807, 2.05) is 0 Å². The molecule has 146 valence electrons. The molecular weight excluding hydrogens is 328 g/mol. The number of esters is 1. The Bertz CT molecular complexity index is 638. The molecule has 3 rings (SSSR count). The highest BCUT2D eigenvalue weighted by Crippen LogP contribution is 2.65. The highest BCUT2D eigenvalue weighted by atomic mass is 16.6. The molecule has 3 aliphatic rings. The normalized spacial score (nSPS) is 47.6. The molecule has 0 aromatic rings. The minimum atomic E-state index is -0.606. The molecule has 0 aromatic heterocycles. The lowest BCUT2D eigenvalue weighted by Gasteiger charge is -2.60. The van der Waals surface area contributed by atoms with Crippen molar-refractivity contribution in [2.45, 2.75) is 72.5 Å². The predicted molar refractivity (Wildman–Crippen MR) is 101 cm³/mol. The maximum Gasteiger partial charge on any atom is 0.332 e. The molecule has 3 aliphatic carbocycles. The van der Waals surface area contributed by atoms with Crippen molar-refractivity contribution >= 4 is 5.97 Å². The van der Waals surface area contributed by atoms with E-state index in [2.05, 4.69) is 52.8 Å². The monoisotopic (exact) mass is 362 g/mol. The maximum absolute atomic E-state index is 12.1. The molecule has 2 N–H and O–H groups in total. The third-order valence-electron chi connectivity index (χ3n) is 8.28. The van der Waals surface area contributed by atoms with Gasteiger partial charge in [0, 0.05) is 10.8 Å². The van der Waals surface area contributed by atoms with Gasteiger partial charge in [-0.05, 0) is 48.5 Å². The van der Waals surface area contributed by atoms with Gasteiger partial charge in [-0.15, -0.1) is 0 Å². The summed E-state index contributed by atoms with van der Waals surface area (Å²) in [5, 5.41) is 20.6. The Morgan fingerprint density at radius 3 is 2.65 bits per heavy atom. The maximum atomic E-state index is 12.1. The molecule has 4 nitrogen and oxygen atoms in total. The number of allylic oxidation sites excluding steroid dienone is 3. The smallest absolute Gasteiger partial charge is 0.332 e. The van der Waals surface area contributed by atoms with Crippen LogP contribution in [0.3, 0.4) is 0 Å². The molecule has 2 fully saturated rings. The topological polar surface area (TPSA) is 66.8 Å². The van der Waals surface area contributed by atoms with E-state index >= 15 is 0 Å². The first-order chi connectivity index (χ1) is 12.2. The minimum Gasteiger partial charge on any atom is -0.460 e. The van der Waals surface area contributed by atoms with Crippen molar-refractivity contribution in [3.05, 3.63) is 23.8 Å². The van der Waals surface area contributed by atoms with E-state index in [-0.39, 0.29) is 28.3 Å². The summed E-state index contributed by atoms with van der Waals surface area (Å²) in [6, 6.07) is 0. The molecule has 26 heavy (non-hydrogen) atoms. The zero-order chi connectivity index (χ0) is 19.3. The van der Waals surface area contributed by atoms with Gasteiger partial charge in [0.25, 0.3) is 0 Å². The Labute approximate surface area is 157 Å². The Morgan fingerprint density at radius 2 is 2.04 bits per heavy atom. The molecule has 7 atom stereocenters. The Kier molecular flexibility index (Phi) is 4.90. The van der Waals surface area contributed by atoms with Crippen LogP contribution in [0, 0.1) is 28.1 Å². The van der Waals surface area contributed by atoms with Crippen LogP contribution in [0.2, 0.25) is 0 Å². The number of carbonyl (C=O) groups excluding carboxylic acids is 1. The van der Waals surface area contributed by atoms with Crippen LogP contribution in [-0.2, 0) is 9.53 Å². The summed E-state index contributed by atoms with van der Waals surface area (Å²) in [5.74, 6) is -0.103. The van der Waals surface area contributed by atoms with Crippen molar-refractivity contribution in [1.82, 2.24) is 0 Å². The summed E-state index contributed by atoms with van der Waals surface area (Å²) in [6.07, 6.45) is 9.22. The van der Waals surface area contributed by atoms with Crippen LogP contribution < -0.4 is 0 Å². The van der Waals surface area contributed by atoms with Crippen molar-refractivity contribution in [2.24, 2.45) is 28.1 Å². The molecule has 0 aliphatic heterocycles. The lowest BCUT2D eigenvalue weighted by molar-refractivity contribution is -0.175. The van der Waals surface area contributed by atoms with E-state index in [0.29, 0.717) is 12.3 Å². The fraction of sp³-hybridized carbons (Fsp3) is 0.773. The summed E-state index contributed by atoms with van der Waals surface area (Å²) in [5.41, 5.74) is 0.496. The Morgan fingerprint density at radius 1 is 1.35 bits per heavy atom. The summed E-state index contributed by atoms with van der Waals surface area (Å²) in [6.45, 7) is 10.3. The molecule has 4 heteroatoms. The first-order valence-corrected chi connectivity index (χ1v) is 10.0. The van der Waals surface area contributed by atoms with Gasteiger partial charge in [0.2, 0.25) is 0 Å². The molecule has 0 heterocycles. The summed E-state index contributed by atoms with van der Waals surface area (Å²) < 4.78 is 5.85. The number of hydrogen-bond donors (Lipinski definition) is 2. The third kappa shape index (κ3) is 2.52. The second-order valence-corrected chi connectivity index (χ2v) is 9.28. The van der Waals surface area contributed by atoms with Crippen molar-refractivity contribution in [3.8, 4) is 0 Å². The minimum absolute atomic E-state index is 0.110. The van der Waals surface area contributed by atoms with Crippen molar-refractivity contribution in [2.75, 3.05) is 6.61 Å². The Hall–Kier alpha value is -1.13. The molecule has 2 saturated carbocycles. The number of hydrogen-bond acceptors (Lipinski definition) is 4. The van der Waals surface area contributed by atoms with Gasteiger partial charge in [0.15, 0.2) is 0 Å². The van der Waals surface area contributed by atoms with E-state index in [4.69, 9.17) is 4.74 Å². The van der Waals surface area contributed by atoms with Gasteiger partial charge in [0.1, 0.15) is 12.7 Å². The molecular formula is C22H34O4. The van der Waals surface area contributed by atoms with Crippen LogP contribution in [0.4, 0.5) is 0 Å². The standard InChI is InChI=1S/C22H34O4/c1-6-20(4)12-17(26-18(24)13-23)21(5)14(2)9-11-22(15(3)19(20)25)10-7-8-16(21)22/h7-8,10,14-15,17,19,23,25H,6,9,11-13H2,1-5H3/t14-,15+,17-,19+,20-,21-,22-/m1/s1. The first kappa shape index (κ1) is 19.6. The number of ether oxygens (including phenoxy) is 1. The van der Waals surface area contributed by atoms with Crippen molar-refractivity contribution < 1.29 is 19.7 Å². The molecule has 0 unspecified atom stereocenters. The van der Waals surface area contributed by atoms with Gasteiger partial charge >= 0.3 is 5.97 Å². The Balaban J connectivity index is 2.18. The highest BCUT2D eigenvalue weighted by molar-refractivity contribution is 5.70. The van der Waals surface area contributed by atoms with E-state index in [0.717, 1.165) is 19.3 Å². The van der Waals surface area contributed by atoms with E-state index in [9.17, 15) is 15.0 Å². The fourth-order valence-corrected chi connectivity index (χ4v) is 5.95. The van der Waals surface area contributed by atoms with Gasteiger partial charge < -0.3 is 14.9 Å². The first-order valence-electron chi connectivity index (χ1n) is 10.0. The van der Waals surface area contributed by atoms with E-state index in [1.165, 1.54) is 5.57 Å². The van der Waals surface area contributed by atoms with Crippen LogP contribution in [0.1, 0.15) is 60.3 Å². The third-order valence-corrected chi connectivity index (χ3v) is 8.28. The van der Waals surface area contributed by atoms with Gasteiger partial charge in [-0.3, -0.25) is 0 Å². The van der Waals surface area contributed by atoms with Crippen molar-refractivity contribution in [3.63, 3.8) is 0 Å². The number of aliphatic hydroxyl groups excluding tert-OH is 2. The lowest BCUT2D eigenvalue weighted by atomic mass is 9.46. The second kappa shape index (κ2) is 6.49. The van der Waals surface area contributed by atoms with Crippen LogP contribution in [0.5, 0.6) is 0 Å². The van der Waals surface area contributed by atoms with Crippen LogP contribution in [0.25, 0.3) is 0 Å². The average molecular weight is 363 g/mol. The molecule has 0 aromatic carbocycles. The van der Waals surface area contributed by atoms with E-state index < -0.39 is 18.7 Å². The quantitative estimate of drug-likeness (QED) is 0.753. The SMILES string of the molecule is CC[C@]1(C)C[C@@H](OC(=O)CO)[C@@]2(C)C3=CC=C[C@@]3(CC[C@H]2C)[C@@H](C)[C@@H]1O. The zero-order valence-electron chi connectivity index (χ0n) is 16.8. The molecule has 0 spiro atoms. The summed E-state index contributed by atoms with van der Waals surface area (Å²) in [4.78, 5) is 12.1. The molecule has 0 amide bonds. The van der Waals surface area contributed by atoms with Crippen molar-refractivity contribution in [1.29, 1.82) is 0 Å². The van der Waals surface area contributed by atoms with Gasteiger partial charge in [-0.25, -0.2) is 4.79 Å². The number of aliphatic hydroxyl groups is 2. The van der Waals surface area contributed by atoms with Gasteiger partial charge in [0.05, 0.1) is 6.10 Å². The molecule has 2 bridgehead atoms. The predicted octanol–water partition coefficient (Wildman–Crippen LogP) is 3.63. The summed E-state index contributed by atoms with van der Waals surface area (Å²) in [7, 11) is 0. The largest absolute Gasteiger partial charge is 0.460 e. The van der Waals surface area contributed by atoms with Crippen LogP contribution >= 0.6 is 0 Å². The zero-order valence-corrected chi connectivity index (χ0v) is 16.8. The number of carbonyl (C=O) groups is 1. The molecule has 0 saturated heterocycles. The van der Waals surface area contributed by atoms with E-state index in [1.54, 1.807) is 0 Å². The average Bonchev–Trinajstić information content (AvgIpc) is 3.08. The molecule has 0 radical (unpaired) electrons. The van der Waals surface area contributed by atoms with Crippen LogP contribution in [0.15, 0.2) is 23.8 Å². The highest BCUT2D eigenvalue weighted by Gasteiger charge is 2.61. The summed E-state index contributed by atoms with van der Waals surface area (Å²) >= 11 is 0. The lowest BCUT2D eigenvalue weighted by Crippen LogP contribution is -2.59. The van der Waals surface area contributed by atoms with Gasteiger partial charge in [-0.2, -0.15) is 0 Å². The van der Waals surface area contributed by atoms with Crippen LogP contribution in [-0.4, -0.2) is 35.0 Å². The fourth-order valence-electron chi connectivity index (χ4n) is 5.95. The second-order valence-electron chi connectivity index (χ2n) is 9.28. The van der Waals surface area contributed by atoms with Gasteiger partial charge in [-0.1, -0.05) is 52.8 Å².